The Balaban J connectivity index is 2.98. The van der Waals surface area contributed by atoms with Crippen LogP contribution in [0.15, 0.2) is 36.9 Å². The minimum atomic E-state index is -2.10. The van der Waals surface area contributed by atoms with Gasteiger partial charge in [0.25, 0.3) is 0 Å². The summed E-state index contributed by atoms with van der Waals surface area (Å²) in [6, 6.07) is 7.23. The molecule has 3 N–H and O–H groups in total. The fourth-order valence-corrected chi connectivity index (χ4v) is 1.89. The molecular weight excluding hydrogens is 282 g/mol. The van der Waals surface area contributed by atoms with Gasteiger partial charge in [-0.05, 0) is 38.3 Å². The number of benzene rings is 1. The molecule has 0 aliphatic carbocycles. The van der Waals surface area contributed by atoms with E-state index in [2.05, 4.69) is 6.58 Å². The number of hydrogen-bond donors (Lipinski definition) is 2. The van der Waals surface area contributed by atoms with E-state index in [-0.39, 0.29) is 6.42 Å². The van der Waals surface area contributed by atoms with E-state index in [0.717, 1.165) is 12.0 Å². The third-order valence-corrected chi connectivity index (χ3v) is 3.03. The molecule has 0 amide bonds. The van der Waals surface area contributed by atoms with Crippen LogP contribution in [0.1, 0.15) is 31.9 Å². The van der Waals surface area contributed by atoms with Crippen LogP contribution in [0, 0.1) is 0 Å². The van der Waals surface area contributed by atoms with Crippen LogP contribution in [0.4, 0.5) is 0 Å². The second kappa shape index (κ2) is 6.75. The van der Waals surface area contributed by atoms with Crippen LogP contribution >= 0.6 is 0 Å². The van der Waals surface area contributed by atoms with Crippen molar-refractivity contribution in [1.29, 1.82) is 0 Å². The van der Waals surface area contributed by atoms with E-state index in [4.69, 9.17) is 10.5 Å². The lowest BCUT2D eigenvalue weighted by atomic mass is 9.91. The fourth-order valence-electron chi connectivity index (χ4n) is 1.89. The highest BCUT2D eigenvalue weighted by atomic mass is 16.6. The fraction of sp³-hybridized carbons (Fsp3) is 0.412. The molecule has 0 fully saturated rings. The van der Waals surface area contributed by atoms with Gasteiger partial charge in [0.15, 0.2) is 0 Å². The van der Waals surface area contributed by atoms with E-state index >= 15 is 0 Å². The summed E-state index contributed by atoms with van der Waals surface area (Å²) in [5.41, 5.74) is 4.63. The topological polar surface area (TPSA) is 89.6 Å². The third kappa shape index (κ3) is 4.70. The Morgan fingerprint density at radius 2 is 1.73 bits per heavy atom. The van der Waals surface area contributed by atoms with Crippen LogP contribution in [0.5, 0.6) is 0 Å². The third-order valence-electron chi connectivity index (χ3n) is 3.03. The average Bonchev–Trinajstić information content (AvgIpc) is 2.39. The lowest BCUT2D eigenvalue weighted by molar-refractivity contribution is -0.169. The van der Waals surface area contributed by atoms with Crippen molar-refractivity contribution in [1.82, 2.24) is 0 Å². The molecule has 120 valence electrons. The molecule has 0 aliphatic heterocycles. The summed E-state index contributed by atoms with van der Waals surface area (Å²) < 4.78 is 5.14. The van der Waals surface area contributed by atoms with Gasteiger partial charge in [-0.2, -0.15) is 0 Å². The number of carboxylic acid groups (broad SMARTS) is 1. The maximum Gasteiger partial charge on any atom is 0.338 e. The lowest BCUT2D eigenvalue weighted by Gasteiger charge is -2.28. The Morgan fingerprint density at radius 3 is 2.14 bits per heavy atom. The van der Waals surface area contributed by atoms with Gasteiger partial charge >= 0.3 is 11.9 Å². The van der Waals surface area contributed by atoms with Gasteiger partial charge in [-0.15, -0.1) is 6.58 Å². The molecular formula is C17H23NO4. The molecule has 0 aromatic heterocycles. The number of carboxylic acids is 1. The number of carbonyl (C=O) groups excluding carboxylic acids is 1. The maximum absolute atomic E-state index is 12.2. The summed E-state index contributed by atoms with van der Waals surface area (Å²) in [6.45, 7) is 8.65. The molecule has 0 radical (unpaired) electrons. The second-order valence-corrected chi connectivity index (χ2v) is 6.26. The smallest absolute Gasteiger partial charge is 0.338 e. The maximum atomic E-state index is 12.2. The highest BCUT2D eigenvalue weighted by Crippen LogP contribution is 2.18. The van der Waals surface area contributed by atoms with E-state index in [0.29, 0.717) is 5.56 Å². The summed E-state index contributed by atoms with van der Waals surface area (Å²) in [4.78, 5) is 23.6. The van der Waals surface area contributed by atoms with Crippen molar-refractivity contribution in [2.75, 3.05) is 0 Å². The number of aliphatic carboxylic acids is 1. The van der Waals surface area contributed by atoms with Gasteiger partial charge in [0.05, 0.1) is 0 Å². The largest absolute Gasteiger partial charge is 0.479 e. The van der Waals surface area contributed by atoms with Crippen molar-refractivity contribution < 1.29 is 19.4 Å². The monoisotopic (exact) mass is 305 g/mol. The van der Waals surface area contributed by atoms with Crippen molar-refractivity contribution in [3.05, 3.63) is 48.0 Å². The molecule has 0 saturated heterocycles. The number of hydrogen-bond acceptors (Lipinski definition) is 4. The Kier molecular flexibility index (Phi) is 5.49. The number of carbonyl (C=O) groups is 2. The molecule has 1 atom stereocenters. The predicted molar refractivity (Wildman–Crippen MR) is 84.4 cm³/mol. The molecule has 0 aliphatic rings. The van der Waals surface area contributed by atoms with E-state index in [1.807, 2.05) is 12.1 Å². The van der Waals surface area contributed by atoms with Gasteiger partial charge in [-0.25, -0.2) is 9.59 Å². The summed E-state index contributed by atoms with van der Waals surface area (Å²) in [7, 11) is 0. The lowest BCUT2D eigenvalue weighted by Crippen LogP contribution is -2.58. The van der Waals surface area contributed by atoms with Crippen molar-refractivity contribution >= 4 is 11.9 Å². The average molecular weight is 305 g/mol. The number of rotatable bonds is 6. The normalized spacial score (nSPS) is 14.0. The van der Waals surface area contributed by atoms with Crippen molar-refractivity contribution in [2.24, 2.45) is 5.73 Å². The van der Waals surface area contributed by atoms with Crippen LogP contribution < -0.4 is 5.73 Å². The minimum Gasteiger partial charge on any atom is -0.479 e. The molecule has 0 unspecified atom stereocenters. The van der Waals surface area contributed by atoms with Gasteiger partial charge in [-0.3, -0.25) is 0 Å². The van der Waals surface area contributed by atoms with Crippen molar-refractivity contribution in [3.8, 4) is 0 Å². The molecule has 1 aromatic rings. The van der Waals surface area contributed by atoms with Gasteiger partial charge in [0.2, 0.25) is 5.54 Å². The van der Waals surface area contributed by atoms with Crippen LogP contribution in [0.2, 0.25) is 0 Å². The first-order valence-electron chi connectivity index (χ1n) is 7.03. The Morgan fingerprint density at radius 1 is 1.23 bits per heavy atom. The van der Waals surface area contributed by atoms with Gasteiger partial charge < -0.3 is 15.6 Å². The molecule has 22 heavy (non-hydrogen) atoms. The highest BCUT2D eigenvalue weighted by molar-refractivity contribution is 6.04. The Bertz CT molecular complexity index is 557. The first-order chi connectivity index (χ1) is 10.1. The van der Waals surface area contributed by atoms with Gasteiger partial charge in [0, 0.05) is 6.42 Å². The zero-order valence-corrected chi connectivity index (χ0v) is 13.3. The predicted octanol–water partition coefficient (Wildman–Crippen LogP) is 2.08. The molecule has 5 heteroatoms. The van der Waals surface area contributed by atoms with Crippen LogP contribution in [-0.4, -0.2) is 28.2 Å². The summed E-state index contributed by atoms with van der Waals surface area (Å²) >= 11 is 0. The van der Waals surface area contributed by atoms with Crippen molar-refractivity contribution in [2.45, 2.75) is 44.8 Å². The zero-order chi connectivity index (χ0) is 17.0. The number of esters is 1. The molecule has 0 heterocycles. The number of nitrogens with two attached hydrogens (primary N) is 1. The quantitative estimate of drug-likeness (QED) is 0.477. The van der Waals surface area contributed by atoms with Crippen LogP contribution in [-0.2, 0) is 27.2 Å². The molecule has 5 nitrogen and oxygen atoms in total. The van der Waals surface area contributed by atoms with E-state index in [1.54, 1.807) is 39.0 Å². The molecule has 1 aromatic carbocycles. The van der Waals surface area contributed by atoms with E-state index < -0.39 is 23.1 Å². The van der Waals surface area contributed by atoms with E-state index in [1.165, 1.54) is 0 Å². The number of ether oxygens (including phenoxy) is 1. The molecule has 0 bridgehead atoms. The SMILES string of the molecule is C=CCc1ccc(C[C@@](N)(C(=O)O)C(=O)OC(C)(C)C)cc1. The molecule has 0 saturated carbocycles. The summed E-state index contributed by atoms with van der Waals surface area (Å²) in [5.74, 6) is -2.35. The molecule has 1 rings (SSSR count). The Hall–Kier alpha value is -2.14. The Labute approximate surface area is 130 Å². The van der Waals surface area contributed by atoms with E-state index in [9.17, 15) is 14.7 Å². The minimum absolute atomic E-state index is 0.133. The van der Waals surface area contributed by atoms with Crippen molar-refractivity contribution in [3.63, 3.8) is 0 Å². The van der Waals surface area contributed by atoms with Crippen LogP contribution in [0.25, 0.3) is 0 Å². The van der Waals surface area contributed by atoms with Gasteiger partial charge in [0.1, 0.15) is 5.60 Å². The van der Waals surface area contributed by atoms with Crippen LogP contribution in [0.3, 0.4) is 0 Å². The van der Waals surface area contributed by atoms with Gasteiger partial charge in [-0.1, -0.05) is 30.3 Å². The first kappa shape index (κ1) is 17.9. The molecule has 0 spiro atoms. The summed E-state index contributed by atoms with van der Waals surface area (Å²) in [5, 5.41) is 9.36. The summed E-state index contributed by atoms with van der Waals surface area (Å²) in [6.07, 6.45) is 2.37. The second-order valence-electron chi connectivity index (χ2n) is 6.26. The first-order valence-corrected chi connectivity index (χ1v) is 7.03. The highest BCUT2D eigenvalue weighted by Gasteiger charge is 2.45. The number of allylic oxidation sites excluding steroid dienone is 1. The standard InChI is InChI=1S/C17H23NO4/c1-5-6-12-7-9-13(10-8-12)11-17(18,14(19)20)15(21)22-16(2,3)4/h5,7-10H,1,6,11,18H2,2-4H3,(H,19,20)/t17-/m1/s1. The zero-order valence-electron chi connectivity index (χ0n) is 13.3.